The molecule has 0 spiro atoms. The molecule has 0 heterocycles. The number of benzene rings is 1. The summed E-state index contributed by atoms with van der Waals surface area (Å²) in [7, 11) is 0. The first-order chi connectivity index (χ1) is 10.9. The van der Waals surface area contributed by atoms with Crippen molar-refractivity contribution in [2.45, 2.75) is 19.4 Å². The van der Waals surface area contributed by atoms with Crippen LogP contribution < -0.4 is 0 Å². The molecule has 0 aromatic heterocycles. The van der Waals surface area contributed by atoms with Crippen molar-refractivity contribution in [2.24, 2.45) is 0 Å². The largest absolute Gasteiger partial charge is 0.478 e. The summed E-state index contributed by atoms with van der Waals surface area (Å²) >= 11 is 0. The Kier molecular flexibility index (Phi) is 7.13. The summed E-state index contributed by atoms with van der Waals surface area (Å²) in [5.74, 6) is -3.90. The van der Waals surface area contributed by atoms with Crippen LogP contribution in [0.3, 0.4) is 0 Å². The van der Waals surface area contributed by atoms with Crippen LogP contribution in [0.1, 0.15) is 49.5 Å². The maximum atomic E-state index is 12.0. The van der Waals surface area contributed by atoms with Gasteiger partial charge < -0.3 is 20.1 Å². The quantitative estimate of drug-likeness (QED) is 0.225. The van der Waals surface area contributed by atoms with Gasteiger partial charge in [0, 0.05) is 6.61 Å². The van der Waals surface area contributed by atoms with Gasteiger partial charge in [-0.1, -0.05) is 0 Å². The number of aliphatic hydroxyl groups excluding tert-OH is 1. The first-order valence-corrected chi connectivity index (χ1v) is 6.60. The zero-order chi connectivity index (χ0) is 17.4. The maximum absolute atomic E-state index is 12.0. The van der Waals surface area contributed by atoms with Crippen LogP contribution in [0.2, 0.25) is 0 Å². The minimum absolute atomic E-state index is 0.00189. The van der Waals surface area contributed by atoms with Crippen LogP contribution in [-0.4, -0.2) is 51.7 Å². The van der Waals surface area contributed by atoms with E-state index in [9.17, 15) is 14.4 Å². The van der Waals surface area contributed by atoms with Gasteiger partial charge in [0.15, 0.2) is 0 Å². The van der Waals surface area contributed by atoms with E-state index in [0.717, 1.165) is 12.1 Å². The third-order valence-corrected chi connectivity index (χ3v) is 2.93. The monoisotopic (exact) mass is 328 g/mol. The van der Waals surface area contributed by atoms with Crippen molar-refractivity contribution in [1.82, 2.24) is 0 Å². The van der Waals surface area contributed by atoms with Crippen molar-refractivity contribution in [2.75, 3.05) is 13.2 Å². The Labute approximate surface area is 130 Å². The van der Waals surface area contributed by atoms with Crippen molar-refractivity contribution in [1.29, 1.82) is 0 Å². The molecule has 0 saturated carbocycles. The summed E-state index contributed by atoms with van der Waals surface area (Å²) in [5, 5.41) is 35.3. The fourth-order valence-corrected chi connectivity index (χ4v) is 1.83. The Morgan fingerprint density at radius 3 is 2.09 bits per heavy atom. The summed E-state index contributed by atoms with van der Waals surface area (Å²) < 4.78 is 4.92. The van der Waals surface area contributed by atoms with E-state index in [1.54, 1.807) is 0 Å². The second-order valence-electron chi connectivity index (χ2n) is 4.51. The molecular weight excluding hydrogens is 312 g/mol. The molecule has 0 bridgehead atoms. The van der Waals surface area contributed by atoms with Gasteiger partial charge in [0.1, 0.15) is 6.61 Å². The average molecular weight is 328 g/mol. The molecule has 1 rings (SSSR count). The number of esters is 1. The molecule has 4 N–H and O–H groups in total. The van der Waals surface area contributed by atoms with Crippen LogP contribution in [0.4, 0.5) is 0 Å². The number of carboxylic acids is 2. The van der Waals surface area contributed by atoms with Crippen LogP contribution >= 0.6 is 0 Å². The van der Waals surface area contributed by atoms with Gasteiger partial charge in [0.25, 0.3) is 0 Å². The minimum Gasteiger partial charge on any atom is -0.478 e. The SMILES string of the molecule is O=C(OCCCCO)c1cc(C(=O)O)c(C(=O)O)cc1COO. The Bertz CT molecular complexity index is 594. The first-order valence-electron chi connectivity index (χ1n) is 6.60. The number of hydrogen-bond donors (Lipinski definition) is 4. The predicted molar refractivity (Wildman–Crippen MR) is 74.4 cm³/mol. The minimum atomic E-state index is -1.52. The molecule has 0 aliphatic heterocycles. The molecule has 126 valence electrons. The number of aromatic carboxylic acids is 2. The molecule has 0 saturated heterocycles. The number of carbonyl (C=O) groups is 3. The normalized spacial score (nSPS) is 10.3. The van der Waals surface area contributed by atoms with E-state index in [0.29, 0.717) is 12.8 Å². The second-order valence-corrected chi connectivity index (χ2v) is 4.51. The van der Waals surface area contributed by atoms with Crippen LogP contribution in [0.15, 0.2) is 12.1 Å². The zero-order valence-corrected chi connectivity index (χ0v) is 12.0. The van der Waals surface area contributed by atoms with E-state index in [1.165, 1.54) is 0 Å². The molecule has 23 heavy (non-hydrogen) atoms. The summed E-state index contributed by atoms with van der Waals surface area (Å²) in [6, 6.07) is 1.81. The number of carbonyl (C=O) groups excluding carboxylic acids is 1. The molecule has 0 aliphatic rings. The van der Waals surface area contributed by atoms with Crippen molar-refractivity contribution in [3.05, 3.63) is 34.4 Å². The average Bonchev–Trinajstić information content (AvgIpc) is 2.50. The van der Waals surface area contributed by atoms with Gasteiger partial charge in [-0.25, -0.2) is 19.3 Å². The van der Waals surface area contributed by atoms with Gasteiger partial charge in [-0.2, -0.15) is 0 Å². The Balaban J connectivity index is 3.17. The summed E-state index contributed by atoms with van der Waals surface area (Å²) in [5.41, 5.74) is -1.37. The number of aliphatic hydroxyl groups is 1. The lowest BCUT2D eigenvalue weighted by molar-refractivity contribution is -0.253. The van der Waals surface area contributed by atoms with E-state index in [2.05, 4.69) is 4.89 Å². The lowest BCUT2D eigenvalue weighted by atomic mass is 9.98. The highest BCUT2D eigenvalue weighted by atomic mass is 17.1. The third kappa shape index (κ3) is 5.02. The lowest BCUT2D eigenvalue weighted by Crippen LogP contribution is -2.16. The topological polar surface area (TPSA) is 151 Å². The van der Waals surface area contributed by atoms with Crippen LogP contribution in [0.25, 0.3) is 0 Å². The lowest BCUT2D eigenvalue weighted by Gasteiger charge is -2.11. The molecule has 0 radical (unpaired) electrons. The Hall–Kier alpha value is -2.49. The van der Waals surface area contributed by atoms with Crippen molar-refractivity contribution >= 4 is 17.9 Å². The predicted octanol–water partition coefficient (Wildman–Crippen LogP) is 1.00. The van der Waals surface area contributed by atoms with Crippen molar-refractivity contribution in [3.63, 3.8) is 0 Å². The van der Waals surface area contributed by atoms with E-state index >= 15 is 0 Å². The highest BCUT2D eigenvalue weighted by Gasteiger charge is 2.23. The van der Waals surface area contributed by atoms with Gasteiger partial charge in [0.2, 0.25) is 0 Å². The van der Waals surface area contributed by atoms with Crippen molar-refractivity contribution < 1.29 is 44.6 Å². The maximum Gasteiger partial charge on any atom is 0.338 e. The molecule has 0 unspecified atom stereocenters. The zero-order valence-electron chi connectivity index (χ0n) is 12.0. The number of ether oxygens (including phenoxy) is 1. The number of carboxylic acid groups (broad SMARTS) is 2. The fourth-order valence-electron chi connectivity index (χ4n) is 1.83. The molecule has 0 aliphatic carbocycles. The Morgan fingerprint density at radius 1 is 0.957 bits per heavy atom. The number of rotatable bonds is 9. The fraction of sp³-hybridized carbons (Fsp3) is 0.357. The molecule has 9 heteroatoms. The highest BCUT2D eigenvalue weighted by Crippen LogP contribution is 2.20. The van der Waals surface area contributed by atoms with Gasteiger partial charge >= 0.3 is 17.9 Å². The standard InChI is InChI=1S/C14H16O9/c15-3-1-2-4-22-14(20)9-6-11(13(18)19)10(12(16)17)5-8(9)7-23-21/h5-6,15,21H,1-4,7H2,(H,16,17)(H,18,19). The third-order valence-electron chi connectivity index (χ3n) is 2.93. The van der Waals surface area contributed by atoms with E-state index in [4.69, 9.17) is 25.3 Å². The molecule has 1 aromatic rings. The van der Waals surface area contributed by atoms with Gasteiger partial charge in [-0.3, -0.25) is 5.26 Å². The van der Waals surface area contributed by atoms with E-state index < -0.39 is 35.6 Å². The van der Waals surface area contributed by atoms with Crippen molar-refractivity contribution in [3.8, 4) is 0 Å². The molecule has 0 atom stereocenters. The van der Waals surface area contributed by atoms with Gasteiger partial charge in [-0.15, -0.1) is 0 Å². The number of hydrogen-bond acceptors (Lipinski definition) is 7. The summed E-state index contributed by atoms with van der Waals surface area (Å²) in [4.78, 5) is 38.2. The van der Waals surface area contributed by atoms with Crippen LogP contribution in [0.5, 0.6) is 0 Å². The van der Waals surface area contributed by atoms with Crippen LogP contribution in [0, 0.1) is 0 Å². The van der Waals surface area contributed by atoms with Crippen LogP contribution in [-0.2, 0) is 16.2 Å². The first kappa shape index (κ1) is 18.6. The molecule has 9 nitrogen and oxygen atoms in total. The van der Waals surface area contributed by atoms with Gasteiger partial charge in [0.05, 0.1) is 23.3 Å². The molecule has 0 fully saturated rings. The van der Waals surface area contributed by atoms with E-state index in [1.807, 2.05) is 0 Å². The second kappa shape index (κ2) is 8.83. The molecule has 0 amide bonds. The molecule has 1 aromatic carbocycles. The smallest absolute Gasteiger partial charge is 0.338 e. The highest BCUT2D eigenvalue weighted by molar-refractivity contribution is 6.04. The summed E-state index contributed by atoms with van der Waals surface area (Å²) in [6.07, 6.45) is 0.839. The van der Waals surface area contributed by atoms with E-state index in [-0.39, 0.29) is 24.3 Å². The Morgan fingerprint density at radius 2 is 1.57 bits per heavy atom. The number of unbranched alkanes of at least 4 members (excludes halogenated alkanes) is 1. The molecular formula is C14H16O9. The van der Waals surface area contributed by atoms with Gasteiger partial charge in [-0.05, 0) is 30.5 Å². The summed E-state index contributed by atoms with van der Waals surface area (Å²) in [6.45, 7) is -0.569.